The van der Waals surface area contributed by atoms with E-state index < -0.39 is 39.8 Å². The molecule has 0 fully saturated rings. The molecule has 0 saturated heterocycles. The van der Waals surface area contributed by atoms with Crippen LogP contribution in [0.5, 0.6) is 11.5 Å². The molecule has 0 heterocycles. The molecule has 0 amide bonds. The van der Waals surface area contributed by atoms with Crippen molar-refractivity contribution in [3.8, 4) is 11.5 Å². The molecule has 9 heteroatoms. The molecule has 0 aliphatic rings. The van der Waals surface area contributed by atoms with E-state index in [4.69, 9.17) is 14.2 Å². The zero-order valence-electron chi connectivity index (χ0n) is 14.7. The number of ether oxygens (including phenoxy) is 3. The lowest BCUT2D eigenvalue weighted by molar-refractivity contribution is -0.385. The van der Waals surface area contributed by atoms with Gasteiger partial charge in [-0.3, -0.25) is 14.9 Å². The second-order valence-corrected chi connectivity index (χ2v) is 5.40. The molecule has 142 valence electrons. The molecule has 27 heavy (non-hydrogen) atoms. The summed E-state index contributed by atoms with van der Waals surface area (Å²) in [7, 11) is 2.60. The number of methoxy groups -OCH3 is 2. The third kappa shape index (κ3) is 4.38. The van der Waals surface area contributed by atoms with Gasteiger partial charge in [-0.1, -0.05) is 0 Å². The summed E-state index contributed by atoms with van der Waals surface area (Å²) >= 11 is 0. The van der Waals surface area contributed by atoms with Gasteiger partial charge in [0.2, 0.25) is 5.78 Å². The minimum atomic E-state index is -1.24. The minimum absolute atomic E-state index is 0.0659. The smallest absolute Gasteiger partial charge is 0.346 e. The van der Waals surface area contributed by atoms with Gasteiger partial charge in [-0.15, -0.1) is 0 Å². The Balaban J connectivity index is 2.29. The van der Waals surface area contributed by atoms with Crippen molar-refractivity contribution in [3.05, 3.63) is 63.5 Å². The predicted molar refractivity (Wildman–Crippen MR) is 91.8 cm³/mol. The molecule has 2 rings (SSSR count). The van der Waals surface area contributed by atoms with Gasteiger partial charge in [0.1, 0.15) is 11.4 Å². The van der Waals surface area contributed by atoms with Crippen LogP contribution in [0, 0.1) is 15.9 Å². The Morgan fingerprint density at radius 3 is 2.15 bits per heavy atom. The summed E-state index contributed by atoms with van der Waals surface area (Å²) < 4.78 is 28.0. The van der Waals surface area contributed by atoms with Crippen LogP contribution in [0.2, 0.25) is 0 Å². The normalized spacial score (nSPS) is 11.4. The maximum Gasteiger partial charge on any atom is 0.346 e. The Bertz CT molecular complexity index is 880. The van der Waals surface area contributed by atoms with Gasteiger partial charge in [0.15, 0.2) is 17.6 Å². The number of rotatable bonds is 7. The van der Waals surface area contributed by atoms with E-state index in [9.17, 15) is 24.1 Å². The summed E-state index contributed by atoms with van der Waals surface area (Å²) in [6.45, 7) is 1.32. The summed E-state index contributed by atoms with van der Waals surface area (Å²) in [5.74, 6) is -2.02. The van der Waals surface area contributed by atoms with Gasteiger partial charge in [0.05, 0.1) is 25.2 Å². The standard InChI is InChI=1S/C18H16FNO7/c1-10(17(21)11-4-6-12(19)7-5-11)27-18(22)13-8-15(25-2)16(26-3)9-14(13)20(23)24/h4-10H,1-3H3. The first kappa shape index (κ1) is 19.8. The lowest BCUT2D eigenvalue weighted by Crippen LogP contribution is -2.25. The number of ketones is 1. The van der Waals surface area contributed by atoms with Crippen molar-refractivity contribution < 1.29 is 33.1 Å². The zero-order chi connectivity index (χ0) is 20.1. The van der Waals surface area contributed by atoms with Crippen LogP contribution in [0.4, 0.5) is 10.1 Å². The van der Waals surface area contributed by atoms with E-state index in [-0.39, 0.29) is 17.1 Å². The average molecular weight is 377 g/mol. The topological polar surface area (TPSA) is 105 Å². The number of nitrogens with zero attached hydrogens (tertiary/aromatic N) is 1. The van der Waals surface area contributed by atoms with E-state index in [2.05, 4.69) is 0 Å². The number of nitro benzene ring substituents is 1. The highest BCUT2D eigenvalue weighted by Gasteiger charge is 2.28. The Labute approximate surface area is 153 Å². The molecule has 1 atom stereocenters. The van der Waals surface area contributed by atoms with Crippen LogP contribution in [-0.4, -0.2) is 37.0 Å². The van der Waals surface area contributed by atoms with Gasteiger partial charge < -0.3 is 14.2 Å². The monoisotopic (exact) mass is 377 g/mol. The van der Waals surface area contributed by atoms with Crippen molar-refractivity contribution in [1.29, 1.82) is 0 Å². The van der Waals surface area contributed by atoms with Gasteiger partial charge in [-0.2, -0.15) is 0 Å². The molecule has 0 saturated carbocycles. The highest BCUT2D eigenvalue weighted by Crippen LogP contribution is 2.35. The molecule has 0 bridgehead atoms. The van der Waals surface area contributed by atoms with Gasteiger partial charge in [-0.05, 0) is 31.2 Å². The van der Waals surface area contributed by atoms with Crippen LogP contribution in [0.3, 0.4) is 0 Å². The summed E-state index contributed by atoms with van der Waals surface area (Å²) in [6, 6.07) is 6.83. The molecule has 2 aromatic carbocycles. The summed E-state index contributed by atoms with van der Waals surface area (Å²) in [5.41, 5.74) is -0.811. The average Bonchev–Trinajstić information content (AvgIpc) is 2.66. The number of halogens is 1. The Morgan fingerprint density at radius 1 is 1.07 bits per heavy atom. The molecule has 0 radical (unpaired) electrons. The number of carbonyl (C=O) groups is 2. The fourth-order valence-electron chi connectivity index (χ4n) is 2.31. The maximum absolute atomic E-state index is 13.0. The summed E-state index contributed by atoms with van der Waals surface area (Å²) in [6.07, 6.45) is -1.24. The molecule has 0 aliphatic carbocycles. The number of carbonyl (C=O) groups excluding carboxylic acids is 2. The first-order valence-electron chi connectivity index (χ1n) is 7.69. The molecular formula is C18H16FNO7. The van der Waals surface area contributed by atoms with Crippen molar-refractivity contribution in [3.63, 3.8) is 0 Å². The number of Topliss-reactive ketones (excluding diaryl/α,β-unsaturated/α-hetero) is 1. The van der Waals surface area contributed by atoms with E-state index in [0.717, 1.165) is 24.3 Å². The first-order chi connectivity index (χ1) is 12.8. The zero-order valence-corrected chi connectivity index (χ0v) is 14.7. The Morgan fingerprint density at radius 2 is 1.63 bits per heavy atom. The van der Waals surface area contributed by atoms with Crippen LogP contribution >= 0.6 is 0 Å². The van der Waals surface area contributed by atoms with Crippen molar-refractivity contribution in [2.24, 2.45) is 0 Å². The summed E-state index contributed by atoms with van der Waals surface area (Å²) in [5, 5.41) is 11.3. The van der Waals surface area contributed by atoms with Crippen LogP contribution in [-0.2, 0) is 4.74 Å². The molecule has 0 N–H and O–H groups in total. The van der Waals surface area contributed by atoms with E-state index >= 15 is 0 Å². The van der Waals surface area contributed by atoms with Gasteiger partial charge in [0.25, 0.3) is 5.69 Å². The van der Waals surface area contributed by atoms with Gasteiger partial charge in [0, 0.05) is 11.6 Å². The van der Waals surface area contributed by atoms with Crippen LogP contribution < -0.4 is 9.47 Å². The SMILES string of the molecule is COc1cc(C(=O)OC(C)C(=O)c2ccc(F)cc2)c([N+](=O)[O-])cc1OC. The first-order valence-corrected chi connectivity index (χ1v) is 7.69. The second kappa shape index (κ2) is 8.26. The third-order valence-electron chi connectivity index (χ3n) is 3.70. The number of hydrogen-bond acceptors (Lipinski definition) is 7. The van der Waals surface area contributed by atoms with Crippen LogP contribution in [0.15, 0.2) is 36.4 Å². The van der Waals surface area contributed by atoms with E-state index in [1.807, 2.05) is 0 Å². The maximum atomic E-state index is 13.0. The second-order valence-electron chi connectivity index (χ2n) is 5.40. The highest BCUT2D eigenvalue weighted by molar-refractivity contribution is 6.02. The van der Waals surface area contributed by atoms with Crippen LogP contribution in [0.25, 0.3) is 0 Å². The Hall–Kier alpha value is -3.49. The number of esters is 1. The minimum Gasteiger partial charge on any atom is -0.493 e. The predicted octanol–water partition coefficient (Wildman–Crippen LogP) is 3.18. The van der Waals surface area contributed by atoms with E-state index in [1.165, 1.54) is 33.3 Å². The van der Waals surface area contributed by atoms with Crippen LogP contribution in [0.1, 0.15) is 27.6 Å². The van der Waals surface area contributed by atoms with Crippen molar-refractivity contribution in [1.82, 2.24) is 0 Å². The van der Waals surface area contributed by atoms with Gasteiger partial charge in [-0.25, -0.2) is 9.18 Å². The molecular weight excluding hydrogens is 361 g/mol. The number of hydrogen-bond donors (Lipinski definition) is 0. The molecule has 8 nitrogen and oxygen atoms in total. The summed E-state index contributed by atoms with van der Waals surface area (Å²) in [4.78, 5) is 35.2. The van der Waals surface area contributed by atoms with Crippen molar-refractivity contribution >= 4 is 17.4 Å². The number of benzene rings is 2. The lowest BCUT2D eigenvalue weighted by Gasteiger charge is -2.14. The fraction of sp³-hybridized carbons (Fsp3) is 0.222. The largest absolute Gasteiger partial charge is 0.493 e. The lowest BCUT2D eigenvalue weighted by atomic mass is 10.1. The molecule has 0 aromatic heterocycles. The molecule has 0 aliphatic heterocycles. The Kier molecular flexibility index (Phi) is 6.07. The molecule has 2 aromatic rings. The molecule has 0 spiro atoms. The van der Waals surface area contributed by atoms with E-state index in [0.29, 0.717) is 0 Å². The third-order valence-corrected chi connectivity index (χ3v) is 3.70. The number of nitro groups is 1. The van der Waals surface area contributed by atoms with Gasteiger partial charge >= 0.3 is 5.97 Å². The quantitative estimate of drug-likeness (QED) is 0.316. The highest BCUT2D eigenvalue weighted by atomic mass is 19.1. The molecule has 1 unspecified atom stereocenters. The fourth-order valence-corrected chi connectivity index (χ4v) is 2.31. The van der Waals surface area contributed by atoms with E-state index in [1.54, 1.807) is 0 Å². The van der Waals surface area contributed by atoms with Crippen molar-refractivity contribution in [2.45, 2.75) is 13.0 Å². The van der Waals surface area contributed by atoms with Crippen molar-refractivity contribution in [2.75, 3.05) is 14.2 Å².